The number of hydrogen-bond acceptors (Lipinski definition) is 6. The number of methoxy groups -OCH3 is 1. The van der Waals surface area contributed by atoms with Gasteiger partial charge in [0.15, 0.2) is 12.4 Å². The van der Waals surface area contributed by atoms with Crippen LogP contribution in [0.5, 0.6) is 5.75 Å². The van der Waals surface area contributed by atoms with Gasteiger partial charge in [-0.3, -0.25) is 14.9 Å². The molecule has 0 heterocycles. The second-order valence-electron chi connectivity index (χ2n) is 4.93. The minimum atomic E-state index is -0.879. The molecule has 26 heavy (non-hydrogen) atoms. The van der Waals surface area contributed by atoms with Crippen LogP contribution in [0.15, 0.2) is 36.4 Å². The summed E-state index contributed by atoms with van der Waals surface area (Å²) in [5.41, 5.74) is -0.740. The van der Waals surface area contributed by atoms with Crippen LogP contribution in [0.3, 0.4) is 0 Å². The molecule has 2 rings (SSSR count). The number of halogens is 2. The van der Waals surface area contributed by atoms with Crippen molar-refractivity contribution in [3.63, 3.8) is 0 Å². The normalized spacial score (nSPS) is 10.1. The standard InChI is InChI=1S/C16H12F2N2O6/c1-25-16(22)9-2-3-14(13(4-9)20(23)24)26-8-15(21)19-12-6-10(17)5-11(18)7-12/h2-7H,8H2,1H3,(H,19,21). The number of amides is 1. The number of ether oxygens (including phenoxy) is 2. The van der Waals surface area contributed by atoms with E-state index in [0.29, 0.717) is 6.07 Å². The largest absolute Gasteiger partial charge is 0.477 e. The fourth-order valence-corrected chi connectivity index (χ4v) is 1.99. The first kappa shape index (κ1) is 18.8. The fraction of sp³-hybridized carbons (Fsp3) is 0.125. The van der Waals surface area contributed by atoms with Crippen LogP contribution in [-0.4, -0.2) is 30.5 Å². The number of carbonyl (C=O) groups excluding carboxylic acids is 2. The fourth-order valence-electron chi connectivity index (χ4n) is 1.99. The molecule has 0 fully saturated rings. The van der Waals surface area contributed by atoms with Gasteiger partial charge in [0.1, 0.15) is 11.6 Å². The molecule has 0 radical (unpaired) electrons. The summed E-state index contributed by atoms with van der Waals surface area (Å²) >= 11 is 0. The van der Waals surface area contributed by atoms with Crippen LogP contribution in [0.4, 0.5) is 20.2 Å². The van der Waals surface area contributed by atoms with Crippen LogP contribution in [0.2, 0.25) is 0 Å². The Bertz CT molecular complexity index is 852. The number of esters is 1. The average molecular weight is 366 g/mol. The topological polar surface area (TPSA) is 108 Å². The first-order valence-electron chi connectivity index (χ1n) is 7.05. The second kappa shape index (κ2) is 8.01. The molecule has 0 aliphatic heterocycles. The summed E-state index contributed by atoms with van der Waals surface area (Å²) in [7, 11) is 1.12. The molecule has 136 valence electrons. The molecule has 0 atom stereocenters. The van der Waals surface area contributed by atoms with Crippen molar-refractivity contribution in [1.29, 1.82) is 0 Å². The van der Waals surface area contributed by atoms with Gasteiger partial charge in [-0.05, 0) is 24.3 Å². The van der Waals surface area contributed by atoms with Crippen molar-refractivity contribution in [1.82, 2.24) is 0 Å². The molecular formula is C16H12F2N2O6. The van der Waals surface area contributed by atoms with E-state index in [9.17, 15) is 28.5 Å². The number of carbonyl (C=O) groups is 2. The zero-order valence-corrected chi connectivity index (χ0v) is 13.3. The number of nitrogens with one attached hydrogen (secondary N) is 1. The highest BCUT2D eigenvalue weighted by Crippen LogP contribution is 2.28. The molecule has 0 unspecified atom stereocenters. The van der Waals surface area contributed by atoms with Crippen molar-refractivity contribution in [2.45, 2.75) is 0 Å². The molecule has 0 spiro atoms. The molecule has 2 aromatic rings. The molecule has 0 saturated heterocycles. The minimum Gasteiger partial charge on any atom is -0.477 e. The van der Waals surface area contributed by atoms with Crippen molar-refractivity contribution in [2.24, 2.45) is 0 Å². The molecule has 2 aromatic carbocycles. The van der Waals surface area contributed by atoms with Crippen LogP contribution < -0.4 is 10.1 Å². The number of anilines is 1. The number of nitrogens with zero attached hydrogens (tertiary/aromatic N) is 1. The zero-order valence-electron chi connectivity index (χ0n) is 13.3. The van der Waals surface area contributed by atoms with E-state index < -0.39 is 40.7 Å². The van der Waals surface area contributed by atoms with Gasteiger partial charge in [-0.2, -0.15) is 0 Å². The van der Waals surface area contributed by atoms with Gasteiger partial charge in [-0.1, -0.05) is 0 Å². The SMILES string of the molecule is COC(=O)c1ccc(OCC(=O)Nc2cc(F)cc(F)c2)c([N+](=O)[O-])c1. The van der Waals surface area contributed by atoms with Gasteiger partial charge < -0.3 is 14.8 Å². The van der Waals surface area contributed by atoms with E-state index in [4.69, 9.17) is 4.74 Å². The highest BCUT2D eigenvalue weighted by molar-refractivity contribution is 5.92. The lowest BCUT2D eigenvalue weighted by atomic mass is 10.2. The van der Waals surface area contributed by atoms with Gasteiger partial charge in [0.2, 0.25) is 0 Å². The van der Waals surface area contributed by atoms with Crippen LogP contribution in [0, 0.1) is 21.7 Å². The van der Waals surface area contributed by atoms with Gasteiger partial charge in [0.05, 0.1) is 17.6 Å². The Morgan fingerprint density at radius 2 is 1.81 bits per heavy atom. The molecule has 8 nitrogen and oxygen atoms in total. The molecule has 0 aliphatic carbocycles. The third-order valence-electron chi connectivity index (χ3n) is 3.08. The van der Waals surface area contributed by atoms with E-state index in [2.05, 4.69) is 10.1 Å². The Morgan fingerprint density at radius 1 is 1.15 bits per heavy atom. The summed E-state index contributed by atoms with van der Waals surface area (Å²) in [6.45, 7) is -0.656. The lowest BCUT2D eigenvalue weighted by Gasteiger charge is -2.09. The first-order chi connectivity index (χ1) is 12.3. The molecule has 0 aromatic heterocycles. The molecule has 0 aliphatic rings. The maximum absolute atomic E-state index is 13.1. The van der Waals surface area contributed by atoms with E-state index >= 15 is 0 Å². The van der Waals surface area contributed by atoms with Gasteiger partial charge >= 0.3 is 11.7 Å². The number of nitro groups is 1. The van der Waals surface area contributed by atoms with Crippen LogP contribution >= 0.6 is 0 Å². The third kappa shape index (κ3) is 4.72. The van der Waals surface area contributed by atoms with Crippen molar-refractivity contribution in [3.8, 4) is 5.75 Å². The maximum atomic E-state index is 13.1. The molecule has 1 N–H and O–H groups in total. The molecule has 0 bridgehead atoms. The Labute approximate surface area is 145 Å². The summed E-state index contributed by atoms with van der Waals surface area (Å²) in [5, 5.41) is 13.3. The zero-order chi connectivity index (χ0) is 19.3. The highest BCUT2D eigenvalue weighted by Gasteiger charge is 2.20. The van der Waals surface area contributed by atoms with E-state index in [-0.39, 0.29) is 17.0 Å². The number of rotatable bonds is 6. The van der Waals surface area contributed by atoms with Crippen molar-refractivity contribution in [3.05, 3.63) is 63.7 Å². The molecule has 0 saturated carbocycles. The van der Waals surface area contributed by atoms with Crippen LogP contribution in [-0.2, 0) is 9.53 Å². The lowest BCUT2D eigenvalue weighted by molar-refractivity contribution is -0.385. The smallest absolute Gasteiger partial charge is 0.338 e. The number of benzene rings is 2. The Morgan fingerprint density at radius 3 is 2.38 bits per heavy atom. The quantitative estimate of drug-likeness (QED) is 0.478. The average Bonchev–Trinajstić information content (AvgIpc) is 2.58. The van der Waals surface area contributed by atoms with Gasteiger partial charge in [0.25, 0.3) is 5.91 Å². The van der Waals surface area contributed by atoms with E-state index in [1.807, 2.05) is 0 Å². The van der Waals surface area contributed by atoms with Gasteiger partial charge in [0, 0.05) is 17.8 Å². The first-order valence-corrected chi connectivity index (χ1v) is 7.05. The molecule has 10 heteroatoms. The monoisotopic (exact) mass is 366 g/mol. The van der Waals surface area contributed by atoms with Crippen LogP contribution in [0.1, 0.15) is 10.4 Å². The van der Waals surface area contributed by atoms with Crippen molar-refractivity contribution in [2.75, 3.05) is 19.0 Å². The third-order valence-corrected chi connectivity index (χ3v) is 3.08. The summed E-state index contributed by atoms with van der Waals surface area (Å²) in [5.74, 6) is -3.58. The maximum Gasteiger partial charge on any atom is 0.338 e. The minimum absolute atomic E-state index is 0.0637. The summed E-state index contributed by atoms with van der Waals surface area (Å²) in [6, 6.07) is 5.75. The van der Waals surface area contributed by atoms with E-state index in [1.165, 1.54) is 6.07 Å². The van der Waals surface area contributed by atoms with Gasteiger partial charge in [-0.15, -0.1) is 0 Å². The lowest BCUT2D eigenvalue weighted by Crippen LogP contribution is -2.20. The van der Waals surface area contributed by atoms with Crippen molar-refractivity contribution < 1.29 is 32.8 Å². The second-order valence-corrected chi connectivity index (χ2v) is 4.93. The van der Waals surface area contributed by atoms with E-state index in [0.717, 1.165) is 31.4 Å². The Hall–Kier alpha value is -3.56. The highest BCUT2D eigenvalue weighted by atomic mass is 19.1. The summed E-state index contributed by atoms with van der Waals surface area (Å²) in [4.78, 5) is 33.5. The number of nitro benzene ring substituents is 1. The summed E-state index contributed by atoms with van der Waals surface area (Å²) < 4.78 is 35.7. The van der Waals surface area contributed by atoms with E-state index in [1.54, 1.807) is 0 Å². The Kier molecular flexibility index (Phi) is 5.78. The molecule has 1 amide bonds. The van der Waals surface area contributed by atoms with Gasteiger partial charge in [-0.25, -0.2) is 13.6 Å². The summed E-state index contributed by atoms with van der Waals surface area (Å²) in [6.07, 6.45) is 0. The number of hydrogen-bond donors (Lipinski definition) is 1. The van der Waals surface area contributed by atoms with Crippen molar-refractivity contribution >= 4 is 23.3 Å². The predicted molar refractivity (Wildman–Crippen MR) is 84.9 cm³/mol. The molecular weight excluding hydrogens is 354 g/mol. The van der Waals surface area contributed by atoms with Crippen LogP contribution in [0.25, 0.3) is 0 Å². The predicted octanol–water partition coefficient (Wildman–Crippen LogP) is 2.68. The Balaban J connectivity index is 2.09.